The Kier molecular flexibility index (Phi) is 4.64. The van der Waals surface area contributed by atoms with Gasteiger partial charge in [-0.25, -0.2) is 0 Å². The Hall–Kier alpha value is -3.14. The summed E-state index contributed by atoms with van der Waals surface area (Å²) >= 11 is 0. The number of carbonyl (C=O) groups excluding carboxylic acids is 1. The molecule has 3 aromatic rings. The van der Waals surface area contributed by atoms with Gasteiger partial charge in [0.15, 0.2) is 0 Å². The van der Waals surface area contributed by atoms with Gasteiger partial charge in [-0.05, 0) is 42.0 Å². The van der Waals surface area contributed by atoms with Crippen molar-refractivity contribution >= 4 is 17.3 Å². The highest BCUT2D eigenvalue weighted by atomic mass is 16.1. The Morgan fingerprint density at radius 3 is 2.35 bits per heavy atom. The van der Waals surface area contributed by atoms with Gasteiger partial charge >= 0.3 is 0 Å². The SMILES string of the molecule is O=C(Nc1ccccc1)c1ccccc1NCc1ccncc1. The highest BCUT2D eigenvalue weighted by molar-refractivity contribution is 6.08. The molecule has 0 saturated carbocycles. The summed E-state index contributed by atoms with van der Waals surface area (Å²) in [4.78, 5) is 16.5. The van der Waals surface area contributed by atoms with E-state index in [1.54, 1.807) is 12.4 Å². The first-order valence-corrected chi connectivity index (χ1v) is 7.41. The molecule has 0 aliphatic heterocycles. The van der Waals surface area contributed by atoms with Gasteiger partial charge in [-0.1, -0.05) is 30.3 Å². The number of aromatic nitrogens is 1. The van der Waals surface area contributed by atoms with Gasteiger partial charge in [-0.2, -0.15) is 0 Å². The van der Waals surface area contributed by atoms with Crippen LogP contribution in [0.4, 0.5) is 11.4 Å². The van der Waals surface area contributed by atoms with E-state index >= 15 is 0 Å². The van der Waals surface area contributed by atoms with Crippen LogP contribution in [-0.4, -0.2) is 10.9 Å². The number of hydrogen-bond donors (Lipinski definition) is 2. The molecule has 2 aromatic carbocycles. The van der Waals surface area contributed by atoms with Crippen LogP contribution in [0.3, 0.4) is 0 Å². The predicted molar refractivity (Wildman–Crippen MR) is 92.4 cm³/mol. The first kappa shape index (κ1) is 14.8. The topological polar surface area (TPSA) is 54.0 Å². The number of carbonyl (C=O) groups is 1. The number of rotatable bonds is 5. The predicted octanol–water partition coefficient (Wildman–Crippen LogP) is 3.95. The standard InChI is InChI=1S/C19H17N3O/c23-19(22-16-6-2-1-3-7-16)17-8-4-5-9-18(17)21-14-15-10-12-20-13-11-15/h1-13,21H,14H2,(H,22,23). The van der Waals surface area contributed by atoms with Gasteiger partial charge < -0.3 is 10.6 Å². The average molecular weight is 303 g/mol. The van der Waals surface area contributed by atoms with Gasteiger partial charge in [0.25, 0.3) is 5.91 Å². The third-order valence-electron chi connectivity index (χ3n) is 3.44. The van der Waals surface area contributed by atoms with E-state index in [2.05, 4.69) is 15.6 Å². The zero-order valence-electron chi connectivity index (χ0n) is 12.6. The van der Waals surface area contributed by atoms with Crippen molar-refractivity contribution in [3.63, 3.8) is 0 Å². The lowest BCUT2D eigenvalue weighted by Gasteiger charge is -2.12. The van der Waals surface area contributed by atoms with Crippen molar-refractivity contribution < 1.29 is 4.79 Å². The molecule has 1 amide bonds. The molecule has 0 bridgehead atoms. The Morgan fingerprint density at radius 1 is 0.870 bits per heavy atom. The maximum absolute atomic E-state index is 12.5. The van der Waals surface area contributed by atoms with Gasteiger partial charge in [-0.3, -0.25) is 9.78 Å². The summed E-state index contributed by atoms with van der Waals surface area (Å²) in [6, 6.07) is 20.8. The molecule has 0 atom stereocenters. The molecule has 2 N–H and O–H groups in total. The van der Waals surface area contributed by atoms with Crippen molar-refractivity contribution in [3.05, 3.63) is 90.3 Å². The van der Waals surface area contributed by atoms with E-state index in [1.807, 2.05) is 66.7 Å². The van der Waals surface area contributed by atoms with Crippen molar-refractivity contribution in [1.29, 1.82) is 0 Å². The second-order valence-corrected chi connectivity index (χ2v) is 5.07. The molecule has 1 aromatic heterocycles. The minimum atomic E-state index is -0.131. The van der Waals surface area contributed by atoms with Gasteiger partial charge in [0.2, 0.25) is 0 Å². The zero-order chi connectivity index (χ0) is 15.9. The number of anilines is 2. The molecule has 0 unspecified atom stereocenters. The zero-order valence-corrected chi connectivity index (χ0v) is 12.6. The third-order valence-corrected chi connectivity index (χ3v) is 3.44. The second kappa shape index (κ2) is 7.22. The van der Waals surface area contributed by atoms with E-state index in [1.165, 1.54) is 0 Å². The van der Waals surface area contributed by atoms with Crippen LogP contribution in [0.1, 0.15) is 15.9 Å². The van der Waals surface area contributed by atoms with Gasteiger partial charge in [0.1, 0.15) is 0 Å². The van der Waals surface area contributed by atoms with E-state index in [0.717, 1.165) is 16.9 Å². The molecule has 0 saturated heterocycles. The number of para-hydroxylation sites is 2. The minimum absolute atomic E-state index is 0.131. The fourth-order valence-corrected chi connectivity index (χ4v) is 2.25. The van der Waals surface area contributed by atoms with Gasteiger partial charge in [0.05, 0.1) is 5.56 Å². The van der Waals surface area contributed by atoms with E-state index in [0.29, 0.717) is 12.1 Å². The minimum Gasteiger partial charge on any atom is -0.380 e. The number of amides is 1. The Bertz CT molecular complexity index is 773. The van der Waals surface area contributed by atoms with E-state index in [-0.39, 0.29) is 5.91 Å². The fourth-order valence-electron chi connectivity index (χ4n) is 2.25. The van der Waals surface area contributed by atoms with Crippen LogP contribution < -0.4 is 10.6 Å². The maximum atomic E-state index is 12.5. The first-order chi connectivity index (χ1) is 11.3. The van der Waals surface area contributed by atoms with Crippen LogP contribution in [-0.2, 0) is 6.54 Å². The van der Waals surface area contributed by atoms with Crippen LogP contribution in [0.25, 0.3) is 0 Å². The molecule has 0 spiro atoms. The number of pyridine rings is 1. The Morgan fingerprint density at radius 2 is 1.57 bits per heavy atom. The Labute approximate surface area is 135 Å². The molecule has 0 fully saturated rings. The molecule has 4 nitrogen and oxygen atoms in total. The monoisotopic (exact) mass is 303 g/mol. The highest BCUT2D eigenvalue weighted by Crippen LogP contribution is 2.18. The van der Waals surface area contributed by atoms with E-state index < -0.39 is 0 Å². The average Bonchev–Trinajstić information content (AvgIpc) is 2.62. The summed E-state index contributed by atoms with van der Waals surface area (Å²) < 4.78 is 0. The van der Waals surface area contributed by atoms with Crippen LogP contribution in [0.15, 0.2) is 79.1 Å². The quantitative estimate of drug-likeness (QED) is 0.750. The molecule has 3 rings (SSSR count). The number of nitrogens with one attached hydrogen (secondary N) is 2. The number of nitrogens with zero attached hydrogens (tertiary/aromatic N) is 1. The third kappa shape index (κ3) is 3.95. The molecular weight excluding hydrogens is 286 g/mol. The fraction of sp³-hybridized carbons (Fsp3) is 0.0526. The number of benzene rings is 2. The van der Waals surface area contributed by atoms with Crippen molar-refractivity contribution in [1.82, 2.24) is 4.98 Å². The molecule has 0 aliphatic carbocycles. The van der Waals surface area contributed by atoms with E-state index in [4.69, 9.17) is 0 Å². The summed E-state index contributed by atoms with van der Waals surface area (Å²) in [6.45, 7) is 0.637. The van der Waals surface area contributed by atoms with Gasteiger partial charge in [-0.15, -0.1) is 0 Å². The summed E-state index contributed by atoms with van der Waals surface area (Å²) in [5.74, 6) is -0.131. The molecule has 0 aliphatic rings. The van der Waals surface area contributed by atoms with Gasteiger partial charge in [0, 0.05) is 30.3 Å². The molecule has 1 heterocycles. The molecule has 0 radical (unpaired) electrons. The molecular formula is C19H17N3O. The molecule has 4 heteroatoms. The summed E-state index contributed by atoms with van der Waals surface area (Å²) in [5, 5.41) is 6.22. The van der Waals surface area contributed by atoms with Crippen LogP contribution in [0.2, 0.25) is 0 Å². The summed E-state index contributed by atoms with van der Waals surface area (Å²) in [7, 11) is 0. The first-order valence-electron chi connectivity index (χ1n) is 7.41. The summed E-state index contributed by atoms with van der Waals surface area (Å²) in [5.41, 5.74) is 3.31. The van der Waals surface area contributed by atoms with Crippen LogP contribution in [0, 0.1) is 0 Å². The lowest BCUT2D eigenvalue weighted by molar-refractivity contribution is 0.102. The second-order valence-electron chi connectivity index (χ2n) is 5.07. The Balaban J connectivity index is 1.73. The maximum Gasteiger partial charge on any atom is 0.257 e. The summed E-state index contributed by atoms with van der Waals surface area (Å²) in [6.07, 6.45) is 3.51. The van der Waals surface area contributed by atoms with Crippen LogP contribution >= 0.6 is 0 Å². The largest absolute Gasteiger partial charge is 0.380 e. The van der Waals surface area contributed by atoms with Crippen molar-refractivity contribution in [3.8, 4) is 0 Å². The normalized spacial score (nSPS) is 10.1. The lowest BCUT2D eigenvalue weighted by Crippen LogP contribution is -2.14. The highest BCUT2D eigenvalue weighted by Gasteiger charge is 2.10. The lowest BCUT2D eigenvalue weighted by atomic mass is 10.1. The van der Waals surface area contributed by atoms with Crippen molar-refractivity contribution in [2.24, 2.45) is 0 Å². The molecule has 23 heavy (non-hydrogen) atoms. The smallest absolute Gasteiger partial charge is 0.257 e. The van der Waals surface area contributed by atoms with Crippen LogP contribution in [0.5, 0.6) is 0 Å². The molecule has 114 valence electrons. The van der Waals surface area contributed by atoms with Crippen molar-refractivity contribution in [2.45, 2.75) is 6.54 Å². The van der Waals surface area contributed by atoms with Crippen molar-refractivity contribution in [2.75, 3.05) is 10.6 Å². The van der Waals surface area contributed by atoms with E-state index in [9.17, 15) is 4.79 Å². The number of hydrogen-bond acceptors (Lipinski definition) is 3.